The van der Waals surface area contributed by atoms with E-state index in [9.17, 15) is 22.7 Å². The van der Waals surface area contributed by atoms with Crippen LogP contribution in [0.4, 0.5) is 17.6 Å². The van der Waals surface area contributed by atoms with Gasteiger partial charge in [-0.3, -0.25) is 0 Å². The minimum atomic E-state index is -4.68. The maximum Gasteiger partial charge on any atom is 0.419 e. The van der Waals surface area contributed by atoms with Gasteiger partial charge in [-0.05, 0) is 36.5 Å². The summed E-state index contributed by atoms with van der Waals surface area (Å²) in [5.41, 5.74) is -0.853. The van der Waals surface area contributed by atoms with Gasteiger partial charge in [0.25, 0.3) is 0 Å². The molecular formula is C15H19F4NO. The lowest BCUT2D eigenvalue weighted by Gasteiger charge is -2.27. The van der Waals surface area contributed by atoms with Crippen LogP contribution in [0.2, 0.25) is 0 Å². The fourth-order valence-corrected chi connectivity index (χ4v) is 2.73. The molecule has 1 aromatic carbocycles. The highest BCUT2D eigenvalue weighted by molar-refractivity contribution is 5.27. The van der Waals surface area contributed by atoms with Crippen molar-refractivity contribution < 1.29 is 22.7 Å². The Hall–Kier alpha value is -1.14. The molecule has 0 spiro atoms. The predicted octanol–water partition coefficient (Wildman–Crippen LogP) is 3.49. The van der Waals surface area contributed by atoms with Crippen LogP contribution in [0.15, 0.2) is 18.2 Å². The average Bonchev–Trinajstić information content (AvgIpc) is 2.41. The van der Waals surface area contributed by atoms with E-state index in [-0.39, 0.29) is 18.6 Å². The number of nitrogens with one attached hydrogen (secondary N) is 1. The van der Waals surface area contributed by atoms with Crippen molar-refractivity contribution in [2.24, 2.45) is 5.92 Å². The summed E-state index contributed by atoms with van der Waals surface area (Å²) < 4.78 is 51.0. The van der Waals surface area contributed by atoms with Crippen molar-refractivity contribution in [2.75, 3.05) is 6.54 Å². The standard InChI is InChI=1S/C15H19F4NO/c16-13-6-5-10(7-12(13)15(17,18)19)8-20-9-11-3-1-2-4-14(11)21/h5-7,11,14,20-21H,1-4,8-9H2. The lowest BCUT2D eigenvalue weighted by Crippen LogP contribution is -2.33. The van der Waals surface area contributed by atoms with Crippen molar-refractivity contribution in [2.45, 2.75) is 44.5 Å². The minimum absolute atomic E-state index is 0.140. The first-order valence-electron chi connectivity index (χ1n) is 7.12. The number of benzene rings is 1. The molecule has 2 N–H and O–H groups in total. The first-order chi connectivity index (χ1) is 9.88. The molecular weight excluding hydrogens is 286 g/mol. The number of halogens is 4. The monoisotopic (exact) mass is 305 g/mol. The molecule has 1 aliphatic carbocycles. The van der Waals surface area contributed by atoms with Crippen molar-refractivity contribution in [1.82, 2.24) is 5.32 Å². The molecule has 0 amide bonds. The van der Waals surface area contributed by atoms with Crippen LogP contribution in [0.25, 0.3) is 0 Å². The zero-order chi connectivity index (χ0) is 15.5. The van der Waals surface area contributed by atoms with Crippen LogP contribution >= 0.6 is 0 Å². The lowest BCUT2D eigenvalue weighted by molar-refractivity contribution is -0.140. The average molecular weight is 305 g/mol. The summed E-state index contributed by atoms with van der Waals surface area (Å²) in [4.78, 5) is 0. The van der Waals surface area contributed by atoms with Crippen LogP contribution in [0.3, 0.4) is 0 Å². The molecule has 2 nitrogen and oxygen atoms in total. The van der Waals surface area contributed by atoms with E-state index >= 15 is 0 Å². The minimum Gasteiger partial charge on any atom is -0.393 e. The number of alkyl halides is 3. The van der Waals surface area contributed by atoms with Crippen molar-refractivity contribution >= 4 is 0 Å². The highest BCUT2D eigenvalue weighted by Crippen LogP contribution is 2.32. The van der Waals surface area contributed by atoms with E-state index in [0.29, 0.717) is 12.1 Å². The smallest absolute Gasteiger partial charge is 0.393 e. The first kappa shape index (κ1) is 16.2. The molecule has 2 unspecified atom stereocenters. The molecule has 2 rings (SSSR count). The number of aliphatic hydroxyl groups excluding tert-OH is 1. The Kier molecular flexibility index (Phi) is 5.22. The number of hydrogen-bond acceptors (Lipinski definition) is 2. The molecule has 0 aliphatic heterocycles. The zero-order valence-corrected chi connectivity index (χ0v) is 11.6. The predicted molar refractivity (Wildman–Crippen MR) is 71.1 cm³/mol. The van der Waals surface area contributed by atoms with Gasteiger partial charge in [-0.15, -0.1) is 0 Å². The quantitative estimate of drug-likeness (QED) is 0.835. The van der Waals surface area contributed by atoms with E-state index in [1.165, 1.54) is 6.07 Å². The van der Waals surface area contributed by atoms with Crippen molar-refractivity contribution in [1.29, 1.82) is 0 Å². The van der Waals surface area contributed by atoms with Gasteiger partial charge in [0.1, 0.15) is 5.82 Å². The van der Waals surface area contributed by atoms with E-state index in [1.54, 1.807) is 0 Å². The zero-order valence-electron chi connectivity index (χ0n) is 11.6. The summed E-state index contributed by atoms with van der Waals surface area (Å²) >= 11 is 0. The van der Waals surface area contributed by atoms with Crippen LogP contribution in [0, 0.1) is 11.7 Å². The van der Waals surface area contributed by atoms with Crippen LogP contribution in [-0.2, 0) is 12.7 Å². The van der Waals surface area contributed by atoms with E-state index in [1.807, 2.05) is 0 Å². The second kappa shape index (κ2) is 6.75. The van der Waals surface area contributed by atoms with Gasteiger partial charge >= 0.3 is 6.18 Å². The molecule has 1 saturated carbocycles. The van der Waals surface area contributed by atoms with Gasteiger partial charge in [0.05, 0.1) is 11.7 Å². The summed E-state index contributed by atoms with van der Waals surface area (Å²) in [6, 6.07) is 3.02. The molecule has 0 aromatic heterocycles. The highest BCUT2D eigenvalue weighted by atomic mass is 19.4. The number of aliphatic hydroxyl groups is 1. The SMILES string of the molecule is OC1CCCCC1CNCc1ccc(F)c(C(F)(F)F)c1. The molecule has 0 bridgehead atoms. The molecule has 0 heterocycles. The maximum atomic E-state index is 13.2. The van der Waals surface area contributed by atoms with Crippen molar-refractivity contribution in [3.8, 4) is 0 Å². The molecule has 21 heavy (non-hydrogen) atoms. The summed E-state index contributed by atoms with van der Waals surface area (Å²) in [5, 5.41) is 12.9. The van der Waals surface area contributed by atoms with Crippen LogP contribution in [0.5, 0.6) is 0 Å². The second-order valence-corrected chi connectivity index (χ2v) is 5.55. The lowest BCUT2D eigenvalue weighted by atomic mass is 9.86. The fraction of sp³-hybridized carbons (Fsp3) is 0.600. The van der Waals surface area contributed by atoms with Gasteiger partial charge in [0.15, 0.2) is 0 Å². The Bertz CT molecular complexity index is 475. The van der Waals surface area contributed by atoms with Crippen molar-refractivity contribution in [3.63, 3.8) is 0 Å². The second-order valence-electron chi connectivity index (χ2n) is 5.55. The molecule has 6 heteroatoms. The fourth-order valence-electron chi connectivity index (χ4n) is 2.73. The Morgan fingerprint density at radius 2 is 1.90 bits per heavy atom. The molecule has 0 saturated heterocycles. The van der Waals surface area contributed by atoms with Gasteiger partial charge < -0.3 is 10.4 Å². The van der Waals surface area contributed by atoms with Crippen LogP contribution in [0.1, 0.15) is 36.8 Å². The summed E-state index contributed by atoms with van der Waals surface area (Å²) in [5.74, 6) is -1.12. The van der Waals surface area contributed by atoms with E-state index in [0.717, 1.165) is 37.8 Å². The van der Waals surface area contributed by atoms with Gasteiger partial charge in [0, 0.05) is 13.1 Å². The van der Waals surface area contributed by atoms with Gasteiger partial charge in [-0.2, -0.15) is 13.2 Å². The molecule has 2 atom stereocenters. The highest BCUT2D eigenvalue weighted by Gasteiger charge is 2.34. The van der Waals surface area contributed by atoms with Gasteiger partial charge in [-0.25, -0.2) is 4.39 Å². The molecule has 0 radical (unpaired) electrons. The topological polar surface area (TPSA) is 32.3 Å². The van der Waals surface area contributed by atoms with Crippen LogP contribution in [-0.4, -0.2) is 17.8 Å². The Morgan fingerprint density at radius 1 is 1.19 bits per heavy atom. The third-order valence-electron chi connectivity index (χ3n) is 3.94. The number of hydrogen-bond donors (Lipinski definition) is 2. The third-order valence-corrected chi connectivity index (χ3v) is 3.94. The van der Waals surface area contributed by atoms with Crippen LogP contribution < -0.4 is 5.32 Å². The Morgan fingerprint density at radius 3 is 2.57 bits per heavy atom. The first-order valence-corrected chi connectivity index (χ1v) is 7.12. The number of rotatable bonds is 4. The Balaban J connectivity index is 1.91. The molecule has 1 fully saturated rings. The summed E-state index contributed by atoms with van der Waals surface area (Å²) in [6.07, 6.45) is -1.24. The maximum absolute atomic E-state index is 13.2. The summed E-state index contributed by atoms with van der Waals surface area (Å²) in [6.45, 7) is 0.784. The third kappa shape index (κ3) is 4.41. The summed E-state index contributed by atoms with van der Waals surface area (Å²) in [7, 11) is 0. The van der Waals surface area contributed by atoms with E-state index in [4.69, 9.17) is 0 Å². The molecule has 118 valence electrons. The van der Waals surface area contributed by atoms with Gasteiger partial charge in [0.2, 0.25) is 0 Å². The Labute approximate surface area is 121 Å². The van der Waals surface area contributed by atoms with E-state index in [2.05, 4.69) is 5.32 Å². The van der Waals surface area contributed by atoms with Crippen molar-refractivity contribution in [3.05, 3.63) is 35.1 Å². The normalized spacial score (nSPS) is 23.3. The van der Waals surface area contributed by atoms with Gasteiger partial charge in [-0.1, -0.05) is 18.9 Å². The molecule has 1 aromatic rings. The molecule has 1 aliphatic rings. The largest absolute Gasteiger partial charge is 0.419 e. The van der Waals surface area contributed by atoms with E-state index < -0.39 is 17.6 Å².